The third-order valence-corrected chi connectivity index (χ3v) is 5.32. The largest absolute Gasteiger partial charge is 0.356 e. The summed E-state index contributed by atoms with van der Waals surface area (Å²) in [6.07, 6.45) is 1.20. The van der Waals surface area contributed by atoms with Crippen molar-refractivity contribution in [2.45, 2.75) is 32.7 Å². The van der Waals surface area contributed by atoms with Gasteiger partial charge in [-0.3, -0.25) is 9.59 Å². The second-order valence-corrected chi connectivity index (χ2v) is 7.41. The zero-order chi connectivity index (χ0) is 21.1. The Morgan fingerprint density at radius 2 is 1.77 bits per heavy atom. The first-order valence-corrected chi connectivity index (χ1v) is 10.2. The molecule has 2 amide bonds. The summed E-state index contributed by atoms with van der Waals surface area (Å²) in [6.45, 7) is 3.05. The first-order chi connectivity index (χ1) is 14.6. The highest BCUT2D eigenvalue weighted by molar-refractivity contribution is 6.01. The van der Waals surface area contributed by atoms with Gasteiger partial charge in [0.25, 0.3) is 0 Å². The molecule has 0 spiro atoms. The van der Waals surface area contributed by atoms with E-state index in [1.54, 1.807) is 9.58 Å². The highest BCUT2D eigenvalue weighted by Gasteiger charge is 2.28. The molecule has 2 aromatic carbocycles. The van der Waals surface area contributed by atoms with Crippen molar-refractivity contribution in [3.63, 3.8) is 0 Å². The second-order valence-electron chi connectivity index (χ2n) is 7.41. The molecule has 4 rings (SSSR count). The molecule has 30 heavy (non-hydrogen) atoms. The summed E-state index contributed by atoms with van der Waals surface area (Å²) in [5.41, 5.74) is 5.35. The molecule has 0 aliphatic carbocycles. The monoisotopic (exact) mass is 403 g/mol. The van der Waals surface area contributed by atoms with Gasteiger partial charge >= 0.3 is 0 Å². The van der Waals surface area contributed by atoms with Crippen molar-refractivity contribution in [3.05, 3.63) is 54.1 Å². The van der Waals surface area contributed by atoms with Gasteiger partial charge in [-0.2, -0.15) is 0 Å². The van der Waals surface area contributed by atoms with Gasteiger partial charge in [-0.1, -0.05) is 54.6 Å². The molecular formula is C23H25N5O2. The van der Waals surface area contributed by atoms with Gasteiger partial charge in [-0.25, -0.2) is 4.68 Å². The fraction of sp³-hybridized carbons (Fsp3) is 0.304. The van der Waals surface area contributed by atoms with Crippen LogP contribution in [0.1, 0.15) is 31.7 Å². The van der Waals surface area contributed by atoms with E-state index in [1.807, 2.05) is 62.5 Å². The number of hydrogen-bond acceptors (Lipinski definition) is 4. The van der Waals surface area contributed by atoms with Crippen molar-refractivity contribution in [2.24, 2.45) is 7.05 Å². The molecule has 1 aliphatic rings. The molecule has 7 nitrogen and oxygen atoms in total. The molecule has 1 N–H and O–H groups in total. The van der Waals surface area contributed by atoms with Crippen LogP contribution in [0.2, 0.25) is 0 Å². The van der Waals surface area contributed by atoms with Crippen molar-refractivity contribution in [1.29, 1.82) is 0 Å². The van der Waals surface area contributed by atoms with E-state index in [0.29, 0.717) is 13.1 Å². The maximum absolute atomic E-state index is 13.2. The second kappa shape index (κ2) is 8.49. The standard InChI is InChI=1S/C23H25N5O2/c1-3-14-24-20(29)12-13-21(30)28-15-16-8-4-5-9-17(16)23-22(25-26-27(23)2)18-10-6-7-11-19(18)28/h4-11H,3,12-15H2,1-2H3,(H,24,29). The number of nitrogens with zero attached hydrogens (tertiary/aromatic N) is 4. The van der Waals surface area contributed by atoms with Gasteiger partial charge in [0.05, 0.1) is 17.9 Å². The molecule has 0 atom stereocenters. The maximum atomic E-state index is 13.2. The van der Waals surface area contributed by atoms with E-state index in [-0.39, 0.29) is 24.7 Å². The number of carbonyl (C=O) groups excluding carboxylic acids is 2. The molecule has 154 valence electrons. The van der Waals surface area contributed by atoms with Crippen LogP contribution >= 0.6 is 0 Å². The molecule has 2 heterocycles. The van der Waals surface area contributed by atoms with Crippen molar-refractivity contribution >= 4 is 17.5 Å². The van der Waals surface area contributed by atoms with Crippen LogP contribution in [0.4, 0.5) is 5.69 Å². The van der Waals surface area contributed by atoms with Gasteiger partial charge < -0.3 is 10.2 Å². The molecule has 1 aromatic heterocycles. The number of aryl methyl sites for hydroxylation is 1. The number of aromatic nitrogens is 3. The topological polar surface area (TPSA) is 80.1 Å². The Labute approximate surface area is 175 Å². The highest BCUT2D eigenvalue weighted by atomic mass is 16.2. The van der Waals surface area contributed by atoms with Crippen LogP contribution in [0.5, 0.6) is 0 Å². The van der Waals surface area contributed by atoms with E-state index >= 15 is 0 Å². The number of hydrogen-bond donors (Lipinski definition) is 1. The van der Waals surface area contributed by atoms with Crippen LogP contribution < -0.4 is 10.2 Å². The van der Waals surface area contributed by atoms with E-state index in [4.69, 9.17) is 0 Å². The number of rotatable bonds is 5. The quantitative estimate of drug-likeness (QED) is 0.709. The lowest BCUT2D eigenvalue weighted by Gasteiger charge is -2.28. The van der Waals surface area contributed by atoms with Crippen molar-refractivity contribution in [1.82, 2.24) is 20.3 Å². The van der Waals surface area contributed by atoms with Crippen molar-refractivity contribution < 1.29 is 9.59 Å². The first-order valence-electron chi connectivity index (χ1n) is 10.2. The summed E-state index contributed by atoms with van der Waals surface area (Å²) in [4.78, 5) is 27.0. The average molecular weight is 403 g/mol. The number of para-hydroxylation sites is 1. The third-order valence-electron chi connectivity index (χ3n) is 5.32. The SMILES string of the molecule is CCCNC(=O)CCC(=O)N1Cc2ccccc2-c2c(nnn2C)-c2ccccc21. The fourth-order valence-electron chi connectivity index (χ4n) is 3.83. The van der Waals surface area contributed by atoms with Crippen molar-refractivity contribution in [2.75, 3.05) is 11.4 Å². The number of amides is 2. The van der Waals surface area contributed by atoms with E-state index in [9.17, 15) is 9.59 Å². The molecule has 0 fully saturated rings. The molecule has 0 radical (unpaired) electrons. The number of nitrogens with one attached hydrogen (secondary N) is 1. The summed E-state index contributed by atoms with van der Waals surface area (Å²) < 4.78 is 1.78. The van der Waals surface area contributed by atoms with Crippen LogP contribution in [0.15, 0.2) is 48.5 Å². The number of carbonyl (C=O) groups is 2. The molecule has 0 saturated carbocycles. The average Bonchev–Trinajstić information content (AvgIpc) is 3.14. The molecule has 0 unspecified atom stereocenters. The Morgan fingerprint density at radius 1 is 1.03 bits per heavy atom. The summed E-state index contributed by atoms with van der Waals surface area (Å²) >= 11 is 0. The summed E-state index contributed by atoms with van der Waals surface area (Å²) in [7, 11) is 1.88. The zero-order valence-electron chi connectivity index (χ0n) is 17.3. The maximum Gasteiger partial charge on any atom is 0.227 e. The normalized spacial score (nSPS) is 12.3. The number of benzene rings is 2. The smallest absolute Gasteiger partial charge is 0.227 e. The number of fused-ring (bicyclic) bond motifs is 5. The Hall–Kier alpha value is -3.48. The lowest BCUT2D eigenvalue weighted by atomic mass is 9.95. The van der Waals surface area contributed by atoms with Gasteiger partial charge in [0, 0.05) is 37.6 Å². The Balaban J connectivity index is 1.74. The first kappa shape index (κ1) is 19.8. The predicted molar refractivity (Wildman–Crippen MR) is 116 cm³/mol. The van der Waals surface area contributed by atoms with Gasteiger partial charge in [0.1, 0.15) is 5.69 Å². The lowest BCUT2D eigenvalue weighted by Crippen LogP contribution is -2.33. The van der Waals surface area contributed by atoms with E-state index < -0.39 is 0 Å². The number of anilines is 1. The Kier molecular flexibility index (Phi) is 5.61. The van der Waals surface area contributed by atoms with Crippen LogP contribution in [0.25, 0.3) is 22.5 Å². The zero-order valence-corrected chi connectivity index (χ0v) is 17.3. The van der Waals surface area contributed by atoms with Gasteiger partial charge in [0.15, 0.2) is 0 Å². The molecule has 3 aromatic rings. The van der Waals surface area contributed by atoms with Crippen LogP contribution in [0, 0.1) is 0 Å². The van der Waals surface area contributed by atoms with Crippen LogP contribution in [-0.4, -0.2) is 33.4 Å². The van der Waals surface area contributed by atoms with E-state index in [2.05, 4.69) is 15.6 Å². The molecule has 1 aliphatic heterocycles. The van der Waals surface area contributed by atoms with Crippen LogP contribution in [-0.2, 0) is 23.2 Å². The predicted octanol–water partition coefficient (Wildman–Crippen LogP) is 3.30. The van der Waals surface area contributed by atoms with Crippen LogP contribution in [0.3, 0.4) is 0 Å². The minimum Gasteiger partial charge on any atom is -0.356 e. The van der Waals surface area contributed by atoms with Gasteiger partial charge in [0.2, 0.25) is 11.8 Å². The third kappa shape index (κ3) is 3.70. The lowest BCUT2D eigenvalue weighted by molar-refractivity contribution is -0.125. The fourth-order valence-corrected chi connectivity index (χ4v) is 3.83. The summed E-state index contributed by atoms with van der Waals surface area (Å²) in [5, 5.41) is 11.5. The van der Waals surface area contributed by atoms with Crippen molar-refractivity contribution in [3.8, 4) is 22.5 Å². The Bertz CT molecular complexity index is 1090. The van der Waals surface area contributed by atoms with Gasteiger partial charge in [-0.15, -0.1) is 5.10 Å². The van der Waals surface area contributed by atoms with Gasteiger partial charge in [-0.05, 0) is 18.1 Å². The van der Waals surface area contributed by atoms with E-state index in [1.165, 1.54) is 0 Å². The molecular weight excluding hydrogens is 378 g/mol. The molecule has 0 saturated heterocycles. The molecule has 0 bridgehead atoms. The highest BCUT2D eigenvalue weighted by Crippen LogP contribution is 2.40. The minimum atomic E-state index is -0.0952. The Morgan fingerprint density at radius 3 is 2.57 bits per heavy atom. The molecule has 7 heteroatoms. The van der Waals surface area contributed by atoms with E-state index in [0.717, 1.165) is 40.2 Å². The minimum absolute atomic E-state index is 0.0868. The summed E-state index contributed by atoms with van der Waals surface area (Å²) in [5.74, 6) is -0.182. The summed E-state index contributed by atoms with van der Waals surface area (Å²) in [6, 6.07) is 15.7.